The number of halogens is 1. The van der Waals surface area contributed by atoms with Gasteiger partial charge in [-0.25, -0.2) is 4.79 Å². The van der Waals surface area contributed by atoms with Crippen LogP contribution in [0.2, 0.25) is 0 Å². The minimum absolute atomic E-state index is 0.267. The Morgan fingerprint density at radius 3 is 2.38 bits per heavy atom. The third-order valence-electron chi connectivity index (χ3n) is 3.76. The Labute approximate surface area is 161 Å². The van der Waals surface area contributed by atoms with Crippen LogP contribution in [-0.2, 0) is 14.3 Å². The molecule has 138 valence electrons. The van der Waals surface area contributed by atoms with Gasteiger partial charge in [-0.15, -0.1) is 0 Å². The van der Waals surface area contributed by atoms with Crippen molar-refractivity contribution in [1.82, 2.24) is 0 Å². The molecule has 26 heavy (non-hydrogen) atoms. The van der Waals surface area contributed by atoms with Gasteiger partial charge in [0.1, 0.15) is 5.75 Å². The van der Waals surface area contributed by atoms with Gasteiger partial charge in [0.2, 0.25) is 0 Å². The normalized spacial score (nSPS) is 11.6. The van der Waals surface area contributed by atoms with Crippen molar-refractivity contribution in [2.24, 2.45) is 0 Å². The molecule has 1 amide bonds. The molecule has 0 spiro atoms. The largest absolute Gasteiger partial charge is 0.482 e. The maximum Gasteiger partial charge on any atom is 0.344 e. The first kappa shape index (κ1) is 20.0. The lowest BCUT2D eigenvalue weighted by Crippen LogP contribution is -2.32. The maximum atomic E-state index is 12.3. The lowest BCUT2D eigenvalue weighted by molar-refractivity contribution is -0.155. The smallest absolute Gasteiger partial charge is 0.344 e. The molecule has 0 unspecified atom stereocenters. The van der Waals surface area contributed by atoms with Crippen LogP contribution in [0.25, 0.3) is 0 Å². The second-order valence-electron chi connectivity index (χ2n) is 6.14. The zero-order valence-electron chi connectivity index (χ0n) is 15.3. The van der Waals surface area contributed by atoms with Crippen LogP contribution in [0.3, 0.4) is 0 Å². The topological polar surface area (TPSA) is 64.6 Å². The number of aryl methyl sites for hydroxylation is 3. The van der Waals surface area contributed by atoms with Crippen molar-refractivity contribution in [2.45, 2.75) is 33.8 Å². The summed E-state index contributed by atoms with van der Waals surface area (Å²) in [5.74, 6) is -0.444. The van der Waals surface area contributed by atoms with E-state index in [1.807, 2.05) is 39.0 Å². The highest BCUT2D eigenvalue weighted by molar-refractivity contribution is 9.10. The van der Waals surface area contributed by atoms with Gasteiger partial charge in [0.15, 0.2) is 12.7 Å². The van der Waals surface area contributed by atoms with Crippen LogP contribution < -0.4 is 10.1 Å². The van der Waals surface area contributed by atoms with Crippen molar-refractivity contribution in [3.8, 4) is 5.75 Å². The molecule has 0 aliphatic heterocycles. The van der Waals surface area contributed by atoms with E-state index in [1.54, 1.807) is 18.2 Å². The Kier molecular flexibility index (Phi) is 6.80. The second kappa shape index (κ2) is 8.85. The number of carbonyl (C=O) groups excluding carboxylic acids is 2. The van der Waals surface area contributed by atoms with Crippen LogP contribution in [0.5, 0.6) is 5.75 Å². The summed E-state index contributed by atoms with van der Waals surface area (Å²) in [7, 11) is 0. The zero-order chi connectivity index (χ0) is 19.3. The van der Waals surface area contributed by atoms with Crippen molar-refractivity contribution in [3.63, 3.8) is 0 Å². The maximum absolute atomic E-state index is 12.3. The average Bonchev–Trinajstić information content (AvgIpc) is 2.56. The van der Waals surface area contributed by atoms with Gasteiger partial charge < -0.3 is 14.8 Å². The fourth-order valence-electron chi connectivity index (χ4n) is 2.59. The van der Waals surface area contributed by atoms with Crippen molar-refractivity contribution in [3.05, 3.63) is 57.6 Å². The number of anilines is 1. The van der Waals surface area contributed by atoms with E-state index in [2.05, 4.69) is 21.2 Å². The van der Waals surface area contributed by atoms with E-state index in [0.29, 0.717) is 5.75 Å². The van der Waals surface area contributed by atoms with Crippen LogP contribution in [-0.4, -0.2) is 24.6 Å². The van der Waals surface area contributed by atoms with Gasteiger partial charge in [-0.1, -0.05) is 39.7 Å². The van der Waals surface area contributed by atoms with E-state index in [-0.39, 0.29) is 12.5 Å². The lowest BCUT2D eigenvalue weighted by atomic mass is 10.0. The Hall–Kier alpha value is -2.34. The molecule has 1 N–H and O–H groups in total. The highest BCUT2D eigenvalue weighted by Gasteiger charge is 2.19. The van der Waals surface area contributed by atoms with Crippen LogP contribution in [0.1, 0.15) is 23.6 Å². The molecule has 1 atom stereocenters. The third kappa shape index (κ3) is 5.59. The first-order valence-corrected chi connectivity index (χ1v) is 9.02. The number of amides is 1. The van der Waals surface area contributed by atoms with Gasteiger partial charge in [-0.2, -0.15) is 0 Å². The van der Waals surface area contributed by atoms with Crippen molar-refractivity contribution in [2.75, 3.05) is 11.9 Å². The third-order valence-corrected chi connectivity index (χ3v) is 4.25. The van der Waals surface area contributed by atoms with Gasteiger partial charge in [-0.3, -0.25) is 4.79 Å². The first-order chi connectivity index (χ1) is 12.3. The van der Waals surface area contributed by atoms with Crippen LogP contribution in [0.4, 0.5) is 5.69 Å². The Bertz CT molecular complexity index is 796. The number of ether oxygens (including phenoxy) is 2. The Balaban J connectivity index is 1.89. The number of benzene rings is 2. The summed E-state index contributed by atoms with van der Waals surface area (Å²) in [6.07, 6.45) is -0.922. The van der Waals surface area contributed by atoms with E-state index in [1.165, 1.54) is 6.92 Å². The molecule has 0 heterocycles. The molecule has 0 saturated heterocycles. The van der Waals surface area contributed by atoms with Crippen LogP contribution in [0, 0.1) is 20.8 Å². The van der Waals surface area contributed by atoms with Gasteiger partial charge in [0.05, 0.1) is 0 Å². The molecule has 0 aliphatic rings. The molecular formula is C20H22BrNO4. The minimum atomic E-state index is -0.922. The van der Waals surface area contributed by atoms with E-state index in [0.717, 1.165) is 26.9 Å². The Morgan fingerprint density at radius 1 is 1.12 bits per heavy atom. The molecule has 0 aromatic heterocycles. The van der Waals surface area contributed by atoms with Crippen molar-refractivity contribution in [1.29, 1.82) is 0 Å². The fraction of sp³-hybridized carbons (Fsp3) is 0.300. The standard InChI is InChI=1S/C20H22BrNO4/c1-12-8-13(2)19(14(3)9-12)22-20(24)15(4)26-18(23)11-25-17-7-5-6-16(21)10-17/h5-10,15H,11H2,1-4H3,(H,22,24)/t15-/m1/s1. The summed E-state index contributed by atoms with van der Waals surface area (Å²) in [6.45, 7) is 7.12. The van der Waals surface area contributed by atoms with E-state index < -0.39 is 12.1 Å². The van der Waals surface area contributed by atoms with Crippen molar-refractivity contribution >= 4 is 33.5 Å². The van der Waals surface area contributed by atoms with Crippen molar-refractivity contribution < 1.29 is 19.1 Å². The summed E-state index contributed by atoms with van der Waals surface area (Å²) in [5, 5.41) is 2.83. The summed E-state index contributed by atoms with van der Waals surface area (Å²) < 4.78 is 11.4. The van der Waals surface area contributed by atoms with E-state index in [9.17, 15) is 9.59 Å². The number of hydrogen-bond donors (Lipinski definition) is 1. The fourth-order valence-corrected chi connectivity index (χ4v) is 2.96. The van der Waals surface area contributed by atoms with Crippen LogP contribution in [0.15, 0.2) is 40.9 Å². The molecule has 2 aromatic carbocycles. The van der Waals surface area contributed by atoms with E-state index >= 15 is 0 Å². The molecular weight excluding hydrogens is 398 g/mol. The molecule has 0 bridgehead atoms. The number of nitrogens with one attached hydrogen (secondary N) is 1. The molecule has 5 nitrogen and oxygen atoms in total. The molecule has 2 aromatic rings. The lowest BCUT2D eigenvalue weighted by Gasteiger charge is -2.17. The monoisotopic (exact) mass is 419 g/mol. The zero-order valence-corrected chi connectivity index (χ0v) is 16.8. The predicted molar refractivity (Wildman–Crippen MR) is 104 cm³/mol. The van der Waals surface area contributed by atoms with E-state index in [4.69, 9.17) is 9.47 Å². The molecule has 6 heteroatoms. The molecule has 2 rings (SSSR count). The predicted octanol–water partition coefficient (Wildman–Crippen LogP) is 4.32. The summed E-state index contributed by atoms with van der Waals surface area (Å²) in [5.41, 5.74) is 3.80. The molecule has 0 aliphatic carbocycles. The molecule has 0 fully saturated rings. The quantitative estimate of drug-likeness (QED) is 0.707. The highest BCUT2D eigenvalue weighted by Crippen LogP contribution is 2.22. The minimum Gasteiger partial charge on any atom is -0.482 e. The summed E-state index contributed by atoms with van der Waals surface area (Å²) in [4.78, 5) is 24.2. The van der Waals surface area contributed by atoms with Crippen LogP contribution >= 0.6 is 15.9 Å². The summed E-state index contributed by atoms with van der Waals surface area (Å²) >= 11 is 3.33. The first-order valence-electron chi connectivity index (χ1n) is 8.23. The molecule has 0 saturated carbocycles. The highest BCUT2D eigenvalue weighted by atomic mass is 79.9. The van der Waals surface area contributed by atoms with Gasteiger partial charge in [0.25, 0.3) is 5.91 Å². The number of hydrogen-bond acceptors (Lipinski definition) is 4. The van der Waals surface area contributed by atoms with Gasteiger partial charge in [0, 0.05) is 10.2 Å². The van der Waals surface area contributed by atoms with Gasteiger partial charge >= 0.3 is 5.97 Å². The SMILES string of the molecule is Cc1cc(C)c(NC(=O)[C@@H](C)OC(=O)COc2cccc(Br)c2)c(C)c1. The number of rotatable bonds is 6. The number of esters is 1. The molecule has 0 radical (unpaired) electrons. The number of carbonyl (C=O) groups is 2. The Morgan fingerprint density at radius 2 is 1.77 bits per heavy atom. The summed E-state index contributed by atoms with van der Waals surface area (Å²) in [6, 6.07) is 11.1. The van der Waals surface area contributed by atoms with Gasteiger partial charge in [-0.05, 0) is 57.0 Å². The second-order valence-corrected chi connectivity index (χ2v) is 7.06. The average molecular weight is 420 g/mol.